The van der Waals surface area contributed by atoms with Crippen LogP contribution in [0.3, 0.4) is 0 Å². The number of nitrogens with one attached hydrogen (secondary N) is 1. The van der Waals surface area contributed by atoms with Crippen molar-refractivity contribution in [1.29, 1.82) is 0 Å². The summed E-state index contributed by atoms with van der Waals surface area (Å²) in [5.41, 5.74) is 0. The lowest BCUT2D eigenvalue weighted by atomic mass is 9.83. The van der Waals surface area contributed by atoms with Crippen LogP contribution in [0.15, 0.2) is 4.99 Å². The number of aliphatic imine (C=N–C) groups is 1. The molecule has 0 aromatic carbocycles. The largest absolute Gasteiger partial charge is 0.354 e. The third kappa shape index (κ3) is 4.70. The number of hydrogen-bond acceptors (Lipinski definition) is 3. The summed E-state index contributed by atoms with van der Waals surface area (Å²) in [7, 11) is 3.58. The van der Waals surface area contributed by atoms with Crippen LogP contribution in [-0.2, 0) is 4.79 Å². The van der Waals surface area contributed by atoms with Gasteiger partial charge in [-0.1, -0.05) is 6.92 Å². The number of carbonyl (C=O) groups is 1. The van der Waals surface area contributed by atoms with Crippen LogP contribution >= 0.6 is 0 Å². The molecule has 0 aromatic heterocycles. The molecule has 1 aliphatic carbocycles. The second kappa shape index (κ2) is 8.59. The minimum atomic E-state index is 0.0564. The number of likely N-dealkylation sites (tertiary alicyclic amines) is 2. The van der Waals surface area contributed by atoms with Crippen LogP contribution in [0.2, 0.25) is 0 Å². The number of rotatable bonds is 5. The molecule has 1 amide bonds. The molecule has 3 atom stereocenters. The monoisotopic (exact) mass is 363 g/mol. The van der Waals surface area contributed by atoms with E-state index in [1.54, 1.807) is 19.0 Å². The van der Waals surface area contributed by atoms with Gasteiger partial charge in [-0.05, 0) is 57.9 Å². The zero-order valence-electron chi connectivity index (χ0n) is 17.1. The van der Waals surface area contributed by atoms with E-state index in [0.717, 1.165) is 43.5 Å². The molecule has 0 spiro atoms. The molecule has 1 saturated carbocycles. The Balaban J connectivity index is 1.66. The van der Waals surface area contributed by atoms with E-state index in [-0.39, 0.29) is 12.5 Å². The summed E-state index contributed by atoms with van der Waals surface area (Å²) < 4.78 is 0. The lowest BCUT2D eigenvalue weighted by molar-refractivity contribution is -0.127. The predicted molar refractivity (Wildman–Crippen MR) is 106 cm³/mol. The van der Waals surface area contributed by atoms with E-state index < -0.39 is 0 Å². The molecule has 1 N–H and O–H groups in total. The third-order valence-corrected chi connectivity index (χ3v) is 6.28. The lowest BCUT2D eigenvalue weighted by Gasteiger charge is -2.48. The summed E-state index contributed by atoms with van der Waals surface area (Å²) in [5, 5.41) is 3.56. The van der Waals surface area contributed by atoms with Gasteiger partial charge in [0, 0.05) is 45.3 Å². The highest BCUT2D eigenvalue weighted by molar-refractivity contribution is 5.85. The average molecular weight is 364 g/mol. The number of guanidine groups is 1. The fourth-order valence-corrected chi connectivity index (χ4v) is 4.34. The van der Waals surface area contributed by atoms with E-state index in [0.29, 0.717) is 6.04 Å². The Morgan fingerprint density at radius 2 is 2.00 bits per heavy atom. The number of likely N-dealkylation sites (N-methyl/N-ethyl adjacent to an activating group) is 1. The maximum Gasteiger partial charge on any atom is 0.243 e. The molecular formula is C20H37N5O. The first-order valence-corrected chi connectivity index (χ1v) is 10.5. The quantitative estimate of drug-likeness (QED) is 0.597. The number of piperidine rings is 2. The van der Waals surface area contributed by atoms with Crippen LogP contribution in [0.25, 0.3) is 0 Å². The molecule has 148 valence electrons. The van der Waals surface area contributed by atoms with Gasteiger partial charge in [0.1, 0.15) is 6.54 Å². The predicted octanol–water partition coefficient (Wildman–Crippen LogP) is 1.77. The molecule has 0 radical (unpaired) electrons. The van der Waals surface area contributed by atoms with Crippen molar-refractivity contribution in [1.82, 2.24) is 20.0 Å². The van der Waals surface area contributed by atoms with Gasteiger partial charge in [-0.25, -0.2) is 4.99 Å². The van der Waals surface area contributed by atoms with Gasteiger partial charge in [0.05, 0.1) is 0 Å². The molecule has 3 unspecified atom stereocenters. The number of carbonyl (C=O) groups excluding carboxylic acids is 1. The summed E-state index contributed by atoms with van der Waals surface area (Å²) in [6.45, 7) is 8.02. The smallest absolute Gasteiger partial charge is 0.243 e. The fourth-order valence-electron chi connectivity index (χ4n) is 4.34. The second-order valence-corrected chi connectivity index (χ2v) is 8.55. The SMILES string of the molecule is CCC(C)NC(=NCC(=O)N(C)C)N1CCC2C(CCCN2C2CC2)C1. The van der Waals surface area contributed by atoms with Crippen LogP contribution in [0.4, 0.5) is 0 Å². The van der Waals surface area contributed by atoms with Crippen LogP contribution in [0.1, 0.15) is 52.4 Å². The minimum absolute atomic E-state index is 0.0564. The van der Waals surface area contributed by atoms with Gasteiger partial charge in [0.2, 0.25) is 5.91 Å². The van der Waals surface area contributed by atoms with E-state index in [9.17, 15) is 4.79 Å². The molecule has 0 aromatic rings. The highest BCUT2D eigenvalue weighted by Gasteiger charge is 2.42. The van der Waals surface area contributed by atoms with Gasteiger partial charge in [0.25, 0.3) is 0 Å². The molecule has 6 nitrogen and oxygen atoms in total. The molecule has 26 heavy (non-hydrogen) atoms. The Hall–Kier alpha value is -1.30. The van der Waals surface area contributed by atoms with E-state index in [1.165, 1.54) is 38.6 Å². The number of hydrogen-bond donors (Lipinski definition) is 1. The minimum Gasteiger partial charge on any atom is -0.354 e. The van der Waals surface area contributed by atoms with Crippen LogP contribution < -0.4 is 5.32 Å². The Morgan fingerprint density at radius 3 is 2.65 bits per heavy atom. The third-order valence-electron chi connectivity index (χ3n) is 6.28. The van der Waals surface area contributed by atoms with E-state index in [4.69, 9.17) is 0 Å². The van der Waals surface area contributed by atoms with Gasteiger partial charge in [-0.3, -0.25) is 9.69 Å². The van der Waals surface area contributed by atoms with Gasteiger partial charge in [-0.2, -0.15) is 0 Å². The van der Waals surface area contributed by atoms with Gasteiger partial charge >= 0.3 is 0 Å². The first kappa shape index (κ1) is 19.5. The molecule has 2 heterocycles. The molecule has 6 heteroatoms. The molecule has 3 aliphatic rings. The van der Waals surface area contributed by atoms with Crippen molar-refractivity contribution in [2.24, 2.45) is 10.9 Å². The highest BCUT2D eigenvalue weighted by Crippen LogP contribution is 2.38. The first-order valence-electron chi connectivity index (χ1n) is 10.5. The Bertz CT molecular complexity index is 516. The van der Waals surface area contributed by atoms with Crippen molar-refractivity contribution in [3.05, 3.63) is 0 Å². The second-order valence-electron chi connectivity index (χ2n) is 8.55. The van der Waals surface area contributed by atoms with Crippen molar-refractivity contribution >= 4 is 11.9 Å². The van der Waals surface area contributed by atoms with Crippen molar-refractivity contribution < 1.29 is 4.79 Å². The van der Waals surface area contributed by atoms with Crippen molar-refractivity contribution in [3.8, 4) is 0 Å². The van der Waals surface area contributed by atoms with E-state index >= 15 is 0 Å². The molecule has 2 saturated heterocycles. The topological polar surface area (TPSA) is 51.2 Å². The highest BCUT2D eigenvalue weighted by atomic mass is 16.2. The Labute approximate surface area is 159 Å². The van der Waals surface area contributed by atoms with Crippen molar-refractivity contribution in [2.75, 3.05) is 40.3 Å². The average Bonchev–Trinajstić information content (AvgIpc) is 3.48. The molecular weight excluding hydrogens is 326 g/mol. The molecule has 0 bridgehead atoms. The summed E-state index contributed by atoms with van der Waals surface area (Å²) in [5.74, 6) is 1.73. The van der Waals surface area contributed by atoms with Gasteiger partial charge < -0.3 is 15.1 Å². The maximum absolute atomic E-state index is 12.0. The molecule has 3 rings (SSSR count). The normalized spacial score (nSPS) is 28.5. The summed E-state index contributed by atoms with van der Waals surface area (Å²) in [4.78, 5) is 23.5. The van der Waals surface area contributed by atoms with E-state index in [2.05, 4.69) is 34.0 Å². The number of amides is 1. The molecule has 2 aliphatic heterocycles. The fraction of sp³-hybridized carbons (Fsp3) is 0.900. The maximum atomic E-state index is 12.0. The first-order chi connectivity index (χ1) is 12.5. The number of fused-ring (bicyclic) bond motifs is 1. The number of nitrogens with zero attached hydrogens (tertiary/aromatic N) is 4. The zero-order valence-corrected chi connectivity index (χ0v) is 17.1. The van der Waals surface area contributed by atoms with Gasteiger partial charge in [0.15, 0.2) is 5.96 Å². The summed E-state index contributed by atoms with van der Waals surface area (Å²) in [6.07, 6.45) is 7.75. The molecule has 3 fully saturated rings. The Kier molecular flexibility index (Phi) is 6.43. The summed E-state index contributed by atoms with van der Waals surface area (Å²) in [6, 6.07) is 2.01. The van der Waals surface area contributed by atoms with Crippen LogP contribution in [0, 0.1) is 5.92 Å². The lowest BCUT2D eigenvalue weighted by Crippen LogP contribution is -2.58. The van der Waals surface area contributed by atoms with Gasteiger partial charge in [-0.15, -0.1) is 0 Å². The summed E-state index contributed by atoms with van der Waals surface area (Å²) >= 11 is 0. The zero-order chi connectivity index (χ0) is 18.7. The van der Waals surface area contributed by atoms with Crippen molar-refractivity contribution in [2.45, 2.75) is 70.5 Å². The van der Waals surface area contributed by atoms with Crippen molar-refractivity contribution in [3.63, 3.8) is 0 Å². The van der Waals surface area contributed by atoms with Crippen LogP contribution in [0.5, 0.6) is 0 Å². The standard InChI is InChI=1S/C20H37N5O/c1-5-15(2)22-20(21-13-19(26)23(3)4)24-12-10-18-16(14-24)7-6-11-25(18)17-8-9-17/h15-18H,5-14H2,1-4H3,(H,21,22). The van der Waals surface area contributed by atoms with E-state index in [1.807, 2.05) is 0 Å². The Morgan fingerprint density at radius 1 is 1.23 bits per heavy atom. The van der Waals surface area contributed by atoms with Crippen LogP contribution in [-0.4, -0.2) is 85.0 Å².